The lowest BCUT2D eigenvalue weighted by Crippen LogP contribution is -2.42. The Labute approximate surface area is 140 Å². The molecule has 2 rings (SSSR count). The minimum atomic E-state index is -0.145. The van der Waals surface area contributed by atoms with Crippen molar-refractivity contribution >= 4 is 35.3 Å². The molecule has 0 heterocycles. The first-order chi connectivity index (χ1) is 10.6. The number of oxime groups is 1. The van der Waals surface area contributed by atoms with Crippen molar-refractivity contribution in [1.29, 1.82) is 0 Å². The third-order valence-electron chi connectivity index (χ3n) is 3.90. The van der Waals surface area contributed by atoms with Crippen LogP contribution in [0.25, 0.3) is 0 Å². The Morgan fingerprint density at radius 2 is 2.18 bits per heavy atom. The van der Waals surface area contributed by atoms with E-state index in [-0.39, 0.29) is 18.6 Å². The van der Waals surface area contributed by atoms with Gasteiger partial charge in [-0.2, -0.15) is 0 Å². The zero-order valence-electron chi connectivity index (χ0n) is 12.5. The maximum absolute atomic E-state index is 11.8. The highest BCUT2D eigenvalue weighted by atomic mass is 35.5. The SMILES string of the molecule is C[C@@H]1CCCC[C@@H]1NC(=O)CO/N=C\c1cccc(Cl)c1Cl. The summed E-state index contributed by atoms with van der Waals surface area (Å²) >= 11 is 11.9. The Morgan fingerprint density at radius 3 is 2.95 bits per heavy atom. The number of nitrogens with one attached hydrogen (secondary N) is 1. The van der Waals surface area contributed by atoms with E-state index in [1.165, 1.54) is 19.1 Å². The number of benzene rings is 1. The molecule has 1 amide bonds. The summed E-state index contributed by atoms with van der Waals surface area (Å²) in [5, 5.41) is 7.64. The first-order valence-corrected chi connectivity index (χ1v) is 8.22. The van der Waals surface area contributed by atoms with Crippen LogP contribution in [-0.4, -0.2) is 24.8 Å². The molecule has 0 aliphatic heterocycles. The van der Waals surface area contributed by atoms with Gasteiger partial charge in [0, 0.05) is 11.6 Å². The molecule has 1 aromatic carbocycles. The van der Waals surface area contributed by atoms with E-state index < -0.39 is 0 Å². The molecule has 1 saturated carbocycles. The minimum absolute atomic E-state index is 0.0993. The molecule has 0 spiro atoms. The van der Waals surface area contributed by atoms with Crippen LogP contribution in [0.15, 0.2) is 23.4 Å². The number of rotatable bonds is 5. The molecule has 1 N–H and O–H groups in total. The van der Waals surface area contributed by atoms with Crippen LogP contribution in [-0.2, 0) is 9.63 Å². The molecular weight excluding hydrogens is 323 g/mol. The molecule has 4 nitrogen and oxygen atoms in total. The number of halogens is 2. The van der Waals surface area contributed by atoms with Crippen LogP contribution in [0.4, 0.5) is 0 Å². The van der Waals surface area contributed by atoms with Crippen molar-refractivity contribution in [3.8, 4) is 0 Å². The Bertz CT molecular complexity index is 549. The predicted octanol–water partition coefficient (Wildman–Crippen LogP) is 4.04. The Balaban J connectivity index is 1.77. The van der Waals surface area contributed by atoms with Gasteiger partial charge in [-0.25, -0.2) is 0 Å². The highest BCUT2D eigenvalue weighted by molar-refractivity contribution is 6.43. The summed E-state index contributed by atoms with van der Waals surface area (Å²) in [6.07, 6.45) is 6.06. The lowest BCUT2D eigenvalue weighted by atomic mass is 9.86. The van der Waals surface area contributed by atoms with E-state index in [2.05, 4.69) is 17.4 Å². The van der Waals surface area contributed by atoms with Gasteiger partial charge in [-0.1, -0.05) is 60.3 Å². The summed E-state index contributed by atoms with van der Waals surface area (Å²) in [5.41, 5.74) is 0.649. The Kier molecular flexibility index (Phi) is 6.52. The number of carbonyl (C=O) groups is 1. The van der Waals surface area contributed by atoms with Crippen LogP contribution in [0.1, 0.15) is 38.2 Å². The normalized spacial score (nSPS) is 21.8. The van der Waals surface area contributed by atoms with Gasteiger partial charge in [-0.15, -0.1) is 0 Å². The highest BCUT2D eigenvalue weighted by Gasteiger charge is 2.22. The van der Waals surface area contributed by atoms with Crippen LogP contribution in [0.3, 0.4) is 0 Å². The fourth-order valence-corrected chi connectivity index (χ4v) is 2.95. The summed E-state index contributed by atoms with van der Waals surface area (Å²) in [6, 6.07) is 5.48. The summed E-state index contributed by atoms with van der Waals surface area (Å²) in [4.78, 5) is 16.9. The molecule has 0 radical (unpaired) electrons. The van der Waals surface area contributed by atoms with Crippen LogP contribution >= 0.6 is 23.2 Å². The molecule has 0 bridgehead atoms. The van der Waals surface area contributed by atoms with Crippen molar-refractivity contribution in [3.63, 3.8) is 0 Å². The van der Waals surface area contributed by atoms with E-state index in [0.717, 1.165) is 12.8 Å². The molecular formula is C16H20Cl2N2O2. The molecule has 120 valence electrons. The average molecular weight is 343 g/mol. The van der Waals surface area contributed by atoms with E-state index in [0.29, 0.717) is 21.5 Å². The molecule has 1 aliphatic carbocycles. The largest absolute Gasteiger partial charge is 0.386 e. The minimum Gasteiger partial charge on any atom is -0.386 e. The summed E-state index contributed by atoms with van der Waals surface area (Å²) in [6.45, 7) is 2.07. The lowest BCUT2D eigenvalue weighted by molar-refractivity contribution is -0.126. The topological polar surface area (TPSA) is 50.7 Å². The summed E-state index contributed by atoms with van der Waals surface area (Å²) < 4.78 is 0. The standard InChI is InChI=1S/C16H20Cl2N2O2/c1-11-5-2-3-8-14(11)20-15(21)10-22-19-9-12-6-4-7-13(17)16(12)18/h4,6-7,9,11,14H,2-3,5,8,10H2,1H3,(H,20,21)/b19-9-/t11-,14+/m1/s1. The lowest BCUT2D eigenvalue weighted by Gasteiger charge is -2.29. The van der Waals surface area contributed by atoms with Crippen LogP contribution in [0.5, 0.6) is 0 Å². The van der Waals surface area contributed by atoms with Gasteiger partial charge in [0.05, 0.1) is 16.3 Å². The third-order valence-corrected chi connectivity index (χ3v) is 4.73. The van der Waals surface area contributed by atoms with Gasteiger partial charge in [-0.05, 0) is 24.8 Å². The fourth-order valence-electron chi connectivity index (χ4n) is 2.59. The molecule has 6 heteroatoms. The van der Waals surface area contributed by atoms with Gasteiger partial charge in [-0.3, -0.25) is 4.79 Å². The third kappa shape index (κ3) is 4.89. The molecule has 1 fully saturated rings. The van der Waals surface area contributed by atoms with Crippen LogP contribution in [0, 0.1) is 5.92 Å². The number of hydrogen-bond donors (Lipinski definition) is 1. The summed E-state index contributed by atoms with van der Waals surface area (Å²) in [7, 11) is 0. The number of hydrogen-bond acceptors (Lipinski definition) is 3. The number of carbonyl (C=O) groups excluding carboxylic acids is 1. The Morgan fingerprint density at radius 1 is 1.41 bits per heavy atom. The first kappa shape index (κ1) is 17.1. The van der Waals surface area contributed by atoms with Crippen LogP contribution < -0.4 is 5.32 Å². The fraction of sp³-hybridized carbons (Fsp3) is 0.500. The Hall–Kier alpha value is -1.26. The summed E-state index contributed by atoms with van der Waals surface area (Å²) in [5.74, 6) is 0.375. The van der Waals surface area contributed by atoms with Crippen molar-refractivity contribution in [3.05, 3.63) is 33.8 Å². The van der Waals surface area contributed by atoms with E-state index in [4.69, 9.17) is 28.0 Å². The van der Waals surface area contributed by atoms with Gasteiger partial charge in [0.25, 0.3) is 5.91 Å². The quantitative estimate of drug-likeness (QED) is 0.648. The molecule has 1 aromatic rings. The molecule has 1 aliphatic rings. The number of amides is 1. The van der Waals surface area contributed by atoms with Crippen molar-refractivity contribution in [1.82, 2.24) is 5.32 Å². The van der Waals surface area contributed by atoms with Crippen molar-refractivity contribution in [2.24, 2.45) is 11.1 Å². The smallest absolute Gasteiger partial charge is 0.261 e. The van der Waals surface area contributed by atoms with Gasteiger partial charge >= 0.3 is 0 Å². The molecule has 0 unspecified atom stereocenters. The van der Waals surface area contributed by atoms with Crippen molar-refractivity contribution in [2.45, 2.75) is 38.6 Å². The average Bonchev–Trinajstić information content (AvgIpc) is 2.50. The second kappa shape index (κ2) is 8.39. The van der Waals surface area contributed by atoms with E-state index in [1.807, 2.05) is 0 Å². The number of nitrogens with zero attached hydrogens (tertiary/aromatic N) is 1. The van der Waals surface area contributed by atoms with E-state index in [9.17, 15) is 4.79 Å². The van der Waals surface area contributed by atoms with Gasteiger partial charge in [0.1, 0.15) is 0 Å². The molecule has 0 saturated heterocycles. The maximum atomic E-state index is 11.8. The zero-order valence-corrected chi connectivity index (χ0v) is 14.0. The van der Waals surface area contributed by atoms with E-state index >= 15 is 0 Å². The van der Waals surface area contributed by atoms with E-state index in [1.54, 1.807) is 18.2 Å². The highest BCUT2D eigenvalue weighted by Crippen LogP contribution is 2.24. The predicted molar refractivity (Wildman–Crippen MR) is 89.6 cm³/mol. The second-order valence-corrected chi connectivity index (χ2v) is 6.37. The van der Waals surface area contributed by atoms with Crippen molar-refractivity contribution < 1.29 is 9.63 Å². The van der Waals surface area contributed by atoms with Gasteiger partial charge in [0.15, 0.2) is 6.61 Å². The van der Waals surface area contributed by atoms with Crippen LogP contribution in [0.2, 0.25) is 10.0 Å². The molecule has 22 heavy (non-hydrogen) atoms. The maximum Gasteiger partial charge on any atom is 0.261 e. The second-order valence-electron chi connectivity index (χ2n) is 5.59. The molecule has 2 atom stereocenters. The van der Waals surface area contributed by atoms with Crippen molar-refractivity contribution in [2.75, 3.05) is 6.61 Å². The monoisotopic (exact) mass is 342 g/mol. The zero-order chi connectivity index (χ0) is 15.9. The van der Waals surface area contributed by atoms with Gasteiger partial charge in [0.2, 0.25) is 0 Å². The first-order valence-electron chi connectivity index (χ1n) is 7.46. The van der Waals surface area contributed by atoms with Gasteiger partial charge < -0.3 is 10.2 Å². The molecule has 0 aromatic heterocycles.